The molecule has 3 N–H and O–H groups in total. The van der Waals surface area contributed by atoms with Crippen molar-refractivity contribution in [3.05, 3.63) is 57.2 Å². The Bertz CT molecular complexity index is 1550. The fourth-order valence-electron chi connectivity index (χ4n) is 4.03. The summed E-state index contributed by atoms with van der Waals surface area (Å²) < 4.78 is 0.682. The molecule has 2 unspecified atom stereocenters. The van der Waals surface area contributed by atoms with E-state index >= 15 is 0 Å². The largest absolute Gasteiger partial charge is 1.00 e. The van der Waals surface area contributed by atoms with E-state index in [1.165, 1.54) is 47.0 Å². The van der Waals surface area contributed by atoms with E-state index in [1.807, 2.05) is 6.92 Å². The predicted octanol–water partition coefficient (Wildman–Crippen LogP) is -5.71. The van der Waals surface area contributed by atoms with E-state index in [4.69, 9.17) is 5.73 Å². The molecule has 3 aromatic rings. The standard InChI is InChI=1S/C23H20N6O6S5.2Na/c1-9-27-28-23(39-9)38-7-10-6-36-19-14(18(31)29(19)15(10)21(34)35)26-17(30)16(12-8-37-22(24)25-12)40-13-5-3-2-4-11(13)20(32)33;;/h2-5,8,14,16,19H,6-7H2,1H3,(H2,24,25)(H,26,30)(H,32,33)(H,34,35);;/q;2*+1/p-2/t14?,16?,19-;;/m0../s1. The third kappa shape index (κ3) is 7.56. The van der Waals surface area contributed by atoms with Crippen LogP contribution < -0.4 is 80.4 Å². The van der Waals surface area contributed by atoms with Gasteiger partial charge in [0.15, 0.2) is 9.47 Å². The summed E-state index contributed by atoms with van der Waals surface area (Å²) in [7, 11) is 0. The second-order valence-corrected chi connectivity index (χ2v) is 13.9. The first-order valence-electron chi connectivity index (χ1n) is 11.4. The summed E-state index contributed by atoms with van der Waals surface area (Å²) in [6, 6.07) is 5.07. The number of benzene rings is 1. The van der Waals surface area contributed by atoms with Crippen molar-refractivity contribution in [3.8, 4) is 0 Å². The minimum absolute atomic E-state index is 0. The van der Waals surface area contributed by atoms with Gasteiger partial charge in [0, 0.05) is 27.3 Å². The molecule has 1 fully saturated rings. The van der Waals surface area contributed by atoms with Crippen LogP contribution in [0.4, 0.5) is 5.13 Å². The number of hydrogen-bond donors (Lipinski definition) is 2. The number of carboxylic acid groups (broad SMARTS) is 2. The molecule has 2 aromatic heterocycles. The van der Waals surface area contributed by atoms with Crippen LogP contribution in [0, 0.1) is 6.92 Å². The van der Waals surface area contributed by atoms with Crippen LogP contribution in [-0.2, 0) is 14.4 Å². The van der Waals surface area contributed by atoms with E-state index < -0.39 is 40.4 Å². The van der Waals surface area contributed by atoms with E-state index in [0.717, 1.165) is 33.0 Å². The number of aromatic nitrogens is 3. The predicted molar refractivity (Wildman–Crippen MR) is 148 cm³/mol. The van der Waals surface area contributed by atoms with Gasteiger partial charge in [-0.05, 0) is 18.6 Å². The molecule has 1 aromatic carbocycles. The molecule has 208 valence electrons. The first-order valence-corrected chi connectivity index (χ1v) is 16.0. The van der Waals surface area contributed by atoms with Gasteiger partial charge in [0.2, 0.25) is 5.91 Å². The molecule has 0 radical (unpaired) electrons. The van der Waals surface area contributed by atoms with Gasteiger partial charge in [0.05, 0.1) is 23.3 Å². The van der Waals surface area contributed by atoms with E-state index in [1.54, 1.807) is 17.5 Å². The van der Waals surface area contributed by atoms with Gasteiger partial charge in [0.25, 0.3) is 5.91 Å². The molecule has 0 bridgehead atoms. The monoisotopic (exact) mass is 680 g/mol. The van der Waals surface area contributed by atoms with Gasteiger partial charge in [0.1, 0.15) is 21.7 Å². The number of nitrogens with two attached hydrogens (primary N) is 1. The molecule has 12 nitrogen and oxygen atoms in total. The average Bonchev–Trinajstić information content (AvgIpc) is 3.55. The minimum atomic E-state index is -1.47. The molecule has 2 aliphatic heterocycles. The zero-order valence-corrected chi connectivity index (χ0v) is 30.5. The fourth-order valence-corrected chi connectivity index (χ4v) is 9.11. The number of carboxylic acids is 2. The van der Waals surface area contributed by atoms with Crippen molar-refractivity contribution in [1.82, 2.24) is 25.4 Å². The van der Waals surface area contributed by atoms with Crippen molar-refractivity contribution in [2.75, 3.05) is 17.2 Å². The second kappa shape index (κ2) is 15.2. The van der Waals surface area contributed by atoms with Gasteiger partial charge in [-0.2, -0.15) is 0 Å². The molecule has 19 heteroatoms. The molecule has 42 heavy (non-hydrogen) atoms. The number of aromatic carboxylic acids is 1. The number of thiazole rings is 1. The SMILES string of the molecule is Cc1nnc(SCC2=C(C(=O)[O-])N3C(=O)C(NC(=O)C(Sc4ccccc4C(=O)[O-])c4csc(N)n4)[C@@H]3SC2)s1.[Na+].[Na+]. The van der Waals surface area contributed by atoms with Crippen LogP contribution in [0.1, 0.15) is 26.3 Å². The molecule has 0 saturated carbocycles. The van der Waals surface area contributed by atoms with Gasteiger partial charge >= 0.3 is 59.1 Å². The smallest absolute Gasteiger partial charge is 0.545 e. The maximum absolute atomic E-state index is 13.5. The number of fused-ring (bicyclic) bond motifs is 1. The van der Waals surface area contributed by atoms with Crippen molar-refractivity contribution in [1.29, 1.82) is 0 Å². The molecule has 5 rings (SSSR count). The number of thioether (sulfide) groups is 3. The number of hydrogen-bond acceptors (Lipinski definition) is 15. The Morgan fingerprint density at radius 2 is 1.93 bits per heavy atom. The number of aryl methyl sites for hydroxylation is 1. The summed E-state index contributed by atoms with van der Waals surface area (Å²) in [5.74, 6) is -3.46. The Kier molecular flexibility index (Phi) is 12.8. The minimum Gasteiger partial charge on any atom is -0.545 e. The van der Waals surface area contributed by atoms with Crippen LogP contribution in [0.15, 0.2) is 50.2 Å². The van der Waals surface area contributed by atoms with Gasteiger partial charge in [-0.25, -0.2) is 4.98 Å². The number of amides is 2. The van der Waals surface area contributed by atoms with Crippen LogP contribution in [-0.4, -0.2) is 66.8 Å². The molecule has 2 aliphatic rings. The number of carbonyl (C=O) groups is 4. The quantitative estimate of drug-likeness (QED) is 0.117. The number of aliphatic carboxylic acids is 1. The van der Waals surface area contributed by atoms with Crippen molar-refractivity contribution >= 4 is 86.8 Å². The Morgan fingerprint density at radius 1 is 1.19 bits per heavy atom. The first-order chi connectivity index (χ1) is 19.1. The molecule has 2 amide bonds. The summed E-state index contributed by atoms with van der Waals surface area (Å²) in [6.45, 7) is 1.82. The van der Waals surface area contributed by atoms with Gasteiger partial charge in [-0.1, -0.05) is 41.3 Å². The Hall–Kier alpha value is -1.12. The maximum Gasteiger partial charge on any atom is 1.00 e. The van der Waals surface area contributed by atoms with Crippen LogP contribution in [0.5, 0.6) is 0 Å². The number of nitrogens with zero attached hydrogens (tertiary/aromatic N) is 4. The molecular weight excluding hydrogens is 663 g/mol. The number of nitrogen functional groups attached to an aromatic ring is 1. The number of nitrogens with one attached hydrogen (secondary N) is 1. The van der Waals surface area contributed by atoms with E-state index in [0.29, 0.717) is 27.1 Å². The molecule has 1 saturated heterocycles. The van der Waals surface area contributed by atoms with Gasteiger partial charge < -0.3 is 30.9 Å². The van der Waals surface area contributed by atoms with Crippen molar-refractivity contribution in [3.63, 3.8) is 0 Å². The van der Waals surface area contributed by atoms with Crippen LogP contribution in [0.2, 0.25) is 0 Å². The summed E-state index contributed by atoms with van der Waals surface area (Å²) in [5.41, 5.74) is 6.29. The molecular formula is C23H18N6Na2O6S5. The summed E-state index contributed by atoms with van der Waals surface area (Å²) in [5, 5.41) is 35.2. The van der Waals surface area contributed by atoms with Crippen LogP contribution in [0.25, 0.3) is 0 Å². The summed E-state index contributed by atoms with van der Waals surface area (Å²) in [4.78, 5) is 55.9. The normalized spacial score (nSPS) is 18.2. The first kappa shape index (κ1) is 35.4. The third-order valence-electron chi connectivity index (χ3n) is 5.81. The third-order valence-corrected chi connectivity index (χ3v) is 11.2. The number of β-lactam (4-membered cyclic amide) rings is 1. The van der Waals surface area contributed by atoms with Crippen molar-refractivity contribution in [2.45, 2.75) is 32.8 Å². The van der Waals surface area contributed by atoms with Gasteiger partial charge in [-0.3, -0.25) is 14.5 Å². The maximum atomic E-state index is 13.5. The van der Waals surface area contributed by atoms with E-state index in [9.17, 15) is 29.4 Å². The second-order valence-electron chi connectivity index (χ2n) is 8.40. The zero-order chi connectivity index (χ0) is 28.6. The van der Waals surface area contributed by atoms with E-state index in [-0.39, 0.29) is 80.4 Å². The summed E-state index contributed by atoms with van der Waals surface area (Å²) >= 11 is 6.09. The van der Waals surface area contributed by atoms with Gasteiger partial charge in [-0.15, -0.1) is 45.1 Å². The average molecular weight is 681 g/mol. The Morgan fingerprint density at radius 3 is 2.55 bits per heavy atom. The topological polar surface area (TPSA) is 194 Å². The Balaban J connectivity index is 0.00000242. The molecule has 0 spiro atoms. The molecule has 0 aliphatic carbocycles. The van der Waals surface area contributed by atoms with Crippen molar-refractivity contribution in [2.24, 2.45) is 0 Å². The number of carbonyl (C=O) groups excluding carboxylic acids is 4. The van der Waals surface area contributed by atoms with Crippen LogP contribution >= 0.6 is 58.0 Å². The van der Waals surface area contributed by atoms with E-state index in [2.05, 4.69) is 20.5 Å². The fraction of sp³-hybridized carbons (Fsp3) is 0.261. The summed E-state index contributed by atoms with van der Waals surface area (Å²) in [6.07, 6.45) is 0. The van der Waals surface area contributed by atoms with Crippen molar-refractivity contribution < 1.29 is 88.5 Å². The Labute approximate surface area is 304 Å². The number of rotatable bonds is 10. The number of anilines is 1. The van der Waals surface area contributed by atoms with Crippen LogP contribution in [0.3, 0.4) is 0 Å². The zero-order valence-electron chi connectivity index (χ0n) is 22.4. The molecule has 4 heterocycles. The molecule has 3 atom stereocenters.